The Morgan fingerprint density at radius 1 is 0.481 bits per heavy atom. The summed E-state index contributed by atoms with van der Waals surface area (Å²) in [5.41, 5.74) is -2.95. The molecule has 0 saturated carbocycles. The number of unbranched alkanes of at least 4 members (excludes halogenated alkanes) is 8. The quantitative estimate of drug-likeness (QED) is 0.0151. The van der Waals surface area contributed by atoms with E-state index in [1.807, 2.05) is 24.3 Å². The van der Waals surface area contributed by atoms with Gasteiger partial charge in [0.15, 0.2) is 10.5 Å². The molecule has 0 aromatic carbocycles. The molecule has 0 spiro atoms. The van der Waals surface area contributed by atoms with Crippen molar-refractivity contribution in [2.24, 2.45) is 10.8 Å². The zero-order chi connectivity index (χ0) is 59.4. The maximum absolute atomic E-state index is 12.2. The second-order valence-corrected chi connectivity index (χ2v) is 22.6. The van der Waals surface area contributed by atoms with Crippen LogP contribution in [-0.4, -0.2) is 173 Å². The molecular weight excluding hydrogens is 1120 g/mol. The fourth-order valence-corrected chi connectivity index (χ4v) is 8.40. The molecule has 2 N–H and O–H groups in total. The molecule has 0 radical (unpaired) electrons. The van der Waals surface area contributed by atoms with Crippen molar-refractivity contribution in [1.82, 2.24) is 0 Å². The first-order chi connectivity index (χ1) is 38.3. The van der Waals surface area contributed by atoms with Crippen molar-refractivity contribution in [3.05, 3.63) is 97.2 Å². The molecule has 2 heterocycles. The van der Waals surface area contributed by atoms with Crippen LogP contribution in [0.4, 0.5) is 0 Å². The fourth-order valence-electron chi connectivity index (χ4n) is 7.11. The third-order valence-corrected chi connectivity index (χ3v) is 14.3. The summed E-state index contributed by atoms with van der Waals surface area (Å²) in [6.45, 7) is 0.00533. The van der Waals surface area contributed by atoms with Crippen molar-refractivity contribution in [1.29, 1.82) is 0 Å². The minimum Gasteiger partial charge on any atom is -0.747 e. The van der Waals surface area contributed by atoms with Gasteiger partial charge in [0.25, 0.3) is 0 Å². The molecular formula is C58H86CaO20S2. The topological polar surface area (TPSA) is 313 Å². The van der Waals surface area contributed by atoms with Crippen LogP contribution in [0.25, 0.3) is 0 Å². The van der Waals surface area contributed by atoms with Crippen molar-refractivity contribution in [3.63, 3.8) is 0 Å². The summed E-state index contributed by atoms with van der Waals surface area (Å²) in [6, 6.07) is 0. The smallest absolute Gasteiger partial charge is 0.747 e. The summed E-state index contributed by atoms with van der Waals surface area (Å²) in [5.74, 6) is -6.19. The number of aliphatic hydroxyl groups excluding tert-OH is 2. The molecule has 452 valence electrons. The minimum atomic E-state index is -5.15. The number of carbonyl (C=O) groups is 6. The van der Waals surface area contributed by atoms with Crippen LogP contribution in [0.1, 0.15) is 155 Å². The number of aliphatic hydroxyl groups is 2. The van der Waals surface area contributed by atoms with Gasteiger partial charge in [-0.05, 0) is 89.9 Å². The van der Waals surface area contributed by atoms with Gasteiger partial charge in [0.2, 0.25) is 0 Å². The Morgan fingerprint density at radius 3 is 1.02 bits per heavy atom. The first kappa shape index (κ1) is 76.7. The van der Waals surface area contributed by atoms with E-state index in [9.17, 15) is 64.9 Å². The Kier molecular flexibility index (Phi) is 43.7. The molecule has 20 nitrogen and oxygen atoms in total. The van der Waals surface area contributed by atoms with Crippen molar-refractivity contribution >= 4 is 93.8 Å². The molecule has 2 aliphatic heterocycles. The van der Waals surface area contributed by atoms with Crippen LogP contribution in [0.2, 0.25) is 0 Å². The first-order valence-electron chi connectivity index (χ1n) is 27.5. The standard InChI is InChI=1S/2C29H44O10S.Ca/c2*1-2-3-4-5-6-7-8-9-10-11-12-13-14-15-16-17-18-19-26(31)37-22-29(21-30)23-38-27(32)20-25(40(34,35)36)28(33)39-24-29;/h2*6-7,9-10,12-13,15-16,25,30H,2-5,8,11,14,17-24H2,1H3,(H,34,35,36);/q;;+2/p-2/b2*7-6-,10-9-,13-12-,16-15-;. The van der Waals surface area contributed by atoms with Gasteiger partial charge in [-0.25, -0.2) is 16.8 Å². The zero-order valence-electron chi connectivity index (χ0n) is 47.4. The Morgan fingerprint density at radius 2 is 0.753 bits per heavy atom. The molecule has 0 aliphatic carbocycles. The van der Waals surface area contributed by atoms with Crippen LogP contribution in [0.5, 0.6) is 0 Å². The SMILES string of the molecule is CCCCC/C=C\C/C=C\C/C=C\C/C=C\CCCC(=O)OCC1(CO)COC(=O)CC(S(=O)(=O)[O-])C(=O)OC1.CCCCC/C=C\C/C=C\C/C=C\C/C=C\CCCC(=O)OCC1(CO)COC(=O)CC(S(=O)(=O)[O-])C(=O)OC1.[Ca+2]. The maximum atomic E-state index is 12.2. The van der Waals surface area contributed by atoms with Crippen molar-refractivity contribution in [2.45, 2.75) is 166 Å². The summed E-state index contributed by atoms with van der Waals surface area (Å²) < 4.78 is 97.6. The number of hydrogen-bond donors (Lipinski definition) is 2. The molecule has 2 saturated heterocycles. The van der Waals surface area contributed by atoms with Crippen LogP contribution < -0.4 is 0 Å². The van der Waals surface area contributed by atoms with Crippen LogP contribution in [-0.2, 0) is 77.4 Å². The number of ether oxygens (including phenoxy) is 6. The second-order valence-electron chi connectivity index (χ2n) is 19.5. The second kappa shape index (κ2) is 46.2. The number of rotatable bonds is 36. The monoisotopic (exact) mass is 1210 g/mol. The molecule has 2 fully saturated rings. The van der Waals surface area contributed by atoms with Gasteiger partial charge in [0.05, 0.1) is 36.9 Å². The van der Waals surface area contributed by atoms with Crippen LogP contribution >= 0.6 is 0 Å². The average Bonchev–Trinajstić information content (AvgIpc) is 3.53. The molecule has 0 amide bonds. The molecule has 4 atom stereocenters. The summed E-state index contributed by atoms with van der Waals surface area (Å²) in [4.78, 5) is 72.1. The van der Waals surface area contributed by atoms with E-state index in [4.69, 9.17) is 28.4 Å². The predicted molar refractivity (Wildman–Crippen MR) is 304 cm³/mol. The van der Waals surface area contributed by atoms with Crippen molar-refractivity contribution < 1.29 is 93.3 Å². The number of hydrogen-bond acceptors (Lipinski definition) is 20. The van der Waals surface area contributed by atoms with Crippen molar-refractivity contribution in [3.8, 4) is 0 Å². The third-order valence-electron chi connectivity index (χ3n) is 12.2. The molecule has 0 bridgehead atoms. The number of allylic oxidation sites excluding steroid dienone is 16. The molecule has 2 aliphatic rings. The zero-order valence-corrected chi connectivity index (χ0v) is 51.2. The predicted octanol–water partition coefficient (Wildman–Crippen LogP) is 7.74. The molecule has 23 heteroatoms. The molecule has 0 aromatic heterocycles. The Balaban J connectivity index is 0.00000156. The third kappa shape index (κ3) is 38.3. The molecule has 0 aromatic rings. The maximum Gasteiger partial charge on any atom is 2.00 e. The minimum absolute atomic E-state index is 0. The van der Waals surface area contributed by atoms with E-state index in [1.165, 1.54) is 38.5 Å². The van der Waals surface area contributed by atoms with Crippen LogP contribution in [0.3, 0.4) is 0 Å². The molecule has 2 rings (SSSR count). The van der Waals surface area contributed by atoms with E-state index in [0.717, 1.165) is 51.4 Å². The Labute approximate surface area is 510 Å². The van der Waals surface area contributed by atoms with E-state index in [2.05, 4.69) is 86.8 Å². The van der Waals surface area contributed by atoms with Gasteiger partial charge in [-0.2, -0.15) is 0 Å². The van der Waals surface area contributed by atoms with Crippen molar-refractivity contribution in [2.75, 3.05) is 52.9 Å². The van der Waals surface area contributed by atoms with Gasteiger partial charge >= 0.3 is 73.6 Å². The van der Waals surface area contributed by atoms with Gasteiger partial charge in [0, 0.05) is 12.8 Å². The van der Waals surface area contributed by atoms with E-state index in [-0.39, 0.29) is 50.6 Å². The Hall–Kier alpha value is -4.26. The number of carbonyl (C=O) groups excluding carboxylic acids is 6. The molecule has 81 heavy (non-hydrogen) atoms. The van der Waals surface area contributed by atoms with Crippen LogP contribution in [0.15, 0.2) is 97.2 Å². The van der Waals surface area contributed by atoms with Gasteiger partial charge < -0.3 is 47.7 Å². The molecule has 4 unspecified atom stereocenters. The van der Waals surface area contributed by atoms with Gasteiger partial charge in [-0.1, -0.05) is 137 Å². The van der Waals surface area contributed by atoms with E-state index in [1.54, 1.807) is 0 Å². The Bertz CT molecular complexity index is 2160. The number of esters is 6. The summed E-state index contributed by atoms with van der Waals surface area (Å²) >= 11 is 0. The summed E-state index contributed by atoms with van der Waals surface area (Å²) in [6.07, 6.45) is 49.6. The van der Waals surface area contributed by atoms with Crippen LogP contribution in [0, 0.1) is 10.8 Å². The summed E-state index contributed by atoms with van der Waals surface area (Å²) in [5, 5.41) is 15.2. The first-order valence-corrected chi connectivity index (χ1v) is 30.5. The van der Waals surface area contributed by atoms with E-state index in [0.29, 0.717) is 25.7 Å². The summed E-state index contributed by atoms with van der Waals surface area (Å²) in [7, 11) is -10.3. The van der Waals surface area contributed by atoms with Gasteiger partial charge in [-0.15, -0.1) is 0 Å². The van der Waals surface area contributed by atoms with E-state index >= 15 is 0 Å². The normalized spacial score (nSPS) is 20.8. The number of cyclic esters (lactones) is 4. The average molecular weight is 1210 g/mol. The largest absolute Gasteiger partial charge is 2.00 e. The van der Waals surface area contributed by atoms with E-state index < -0.39 is 143 Å². The van der Waals surface area contributed by atoms with Gasteiger partial charge in [-0.3, -0.25) is 28.8 Å². The fraction of sp³-hybridized carbons (Fsp3) is 0.621. The van der Waals surface area contributed by atoms with Gasteiger partial charge in [0.1, 0.15) is 59.9 Å².